The number of hydrogen-bond donors (Lipinski definition) is 1. The molecule has 0 saturated carbocycles. The monoisotopic (exact) mass is 158 g/mol. The van der Waals surface area contributed by atoms with Crippen LogP contribution in [0.15, 0.2) is 0 Å². The van der Waals surface area contributed by atoms with Crippen molar-refractivity contribution in [1.82, 2.24) is 4.90 Å². The fourth-order valence-electron chi connectivity index (χ4n) is 1.50. The molecule has 0 aromatic heterocycles. The van der Waals surface area contributed by atoms with Crippen molar-refractivity contribution in [3.05, 3.63) is 0 Å². The summed E-state index contributed by atoms with van der Waals surface area (Å²) in [6, 6.07) is 0.367. The third-order valence-corrected chi connectivity index (χ3v) is 2.36. The van der Waals surface area contributed by atoms with Gasteiger partial charge in [-0.05, 0) is 5.92 Å². The average Bonchev–Trinajstić information content (AvgIpc) is 2.28. The van der Waals surface area contributed by atoms with Crippen molar-refractivity contribution in [2.24, 2.45) is 11.7 Å². The minimum Gasteiger partial charge on any atom is -0.383 e. The zero-order chi connectivity index (χ0) is 8.27. The number of rotatable bonds is 3. The Labute approximate surface area is 68.5 Å². The summed E-state index contributed by atoms with van der Waals surface area (Å²) in [6.45, 7) is 6.21. The van der Waals surface area contributed by atoms with Gasteiger partial charge in [0.15, 0.2) is 0 Å². The molecule has 2 N–H and O–H groups in total. The highest BCUT2D eigenvalue weighted by atomic mass is 16.5. The molecule has 66 valence electrons. The van der Waals surface area contributed by atoms with Crippen LogP contribution in [0.3, 0.4) is 0 Å². The zero-order valence-electron chi connectivity index (χ0n) is 7.42. The second-order valence-electron chi connectivity index (χ2n) is 3.39. The first-order valence-electron chi connectivity index (χ1n) is 4.21. The lowest BCUT2D eigenvalue weighted by Crippen LogP contribution is -2.29. The van der Waals surface area contributed by atoms with Gasteiger partial charge in [0.25, 0.3) is 0 Å². The van der Waals surface area contributed by atoms with E-state index in [0.717, 1.165) is 26.2 Å². The predicted molar refractivity (Wildman–Crippen MR) is 45.5 cm³/mol. The smallest absolute Gasteiger partial charge is 0.0589 e. The van der Waals surface area contributed by atoms with Crippen molar-refractivity contribution < 1.29 is 4.74 Å². The second-order valence-corrected chi connectivity index (χ2v) is 3.39. The molecular formula is C8H18N2O. The average molecular weight is 158 g/mol. The van der Waals surface area contributed by atoms with Crippen molar-refractivity contribution in [2.45, 2.75) is 13.0 Å². The van der Waals surface area contributed by atoms with Gasteiger partial charge in [0, 0.05) is 32.8 Å². The lowest BCUT2D eigenvalue weighted by molar-refractivity contribution is 0.159. The predicted octanol–water partition coefficient (Wildman–Crippen LogP) is -0.0882. The van der Waals surface area contributed by atoms with Crippen LogP contribution in [0.5, 0.6) is 0 Å². The molecule has 1 fully saturated rings. The van der Waals surface area contributed by atoms with E-state index in [1.54, 1.807) is 7.11 Å². The molecule has 11 heavy (non-hydrogen) atoms. The van der Waals surface area contributed by atoms with Crippen LogP contribution in [0.1, 0.15) is 6.92 Å². The van der Waals surface area contributed by atoms with Gasteiger partial charge in [0.2, 0.25) is 0 Å². The summed E-state index contributed by atoms with van der Waals surface area (Å²) < 4.78 is 4.99. The molecule has 0 bridgehead atoms. The Morgan fingerprint density at radius 2 is 2.27 bits per heavy atom. The maximum atomic E-state index is 5.86. The van der Waals surface area contributed by atoms with Gasteiger partial charge in [0.1, 0.15) is 0 Å². The fourth-order valence-corrected chi connectivity index (χ4v) is 1.50. The molecule has 2 atom stereocenters. The van der Waals surface area contributed by atoms with Crippen LogP contribution in [-0.2, 0) is 4.74 Å². The third kappa shape index (κ3) is 2.43. The molecule has 3 heteroatoms. The Hall–Kier alpha value is -0.120. The van der Waals surface area contributed by atoms with Gasteiger partial charge in [-0.15, -0.1) is 0 Å². The molecular weight excluding hydrogens is 140 g/mol. The van der Waals surface area contributed by atoms with Crippen LogP contribution in [0.4, 0.5) is 0 Å². The SMILES string of the molecule is COCCN1C[C@@H](N)[C@@H](C)C1. The molecule has 1 aliphatic rings. The molecule has 0 aromatic rings. The van der Waals surface area contributed by atoms with E-state index in [9.17, 15) is 0 Å². The molecule has 3 nitrogen and oxygen atoms in total. The molecule has 0 amide bonds. The number of likely N-dealkylation sites (tertiary alicyclic amines) is 1. The molecule has 0 unspecified atom stereocenters. The van der Waals surface area contributed by atoms with E-state index in [-0.39, 0.29) is 0 Å². The Balaban J connectivity index is 2.18. The number of hydrogen-bond acceptors (Lipinski definition) is 3. The highest BCUT2D eigenvalue weighted by Gasteiger charge is 2.25. The van der Waals surface area contributed by atoms with Crippen molar-refractivity contribution in [3.8, 4) is 0 Å². The molecule has 0 aromatic carbocycles. The Kier molecular flexibility index (Phi) is 3.30. The van der Waals surface area contributed by atoms with Crippen LogP contribution in [0, 0.1) is 5.92 Å². The minimum atomic E-state index is 0.367. The molecule has 1 rings (SSSR count). The molecule has 1 aliphatic heterocycles. The quantitative estimate of drug-likeness (QED) is 0.624. The number of nitrogens with zero attached hydrogens (tertiary/aromatic N) is 1. The Morgan fingerprint density at radius 1 is 1.55 bits per heavy atom. The number of ether oxygens (including phenoxy) is 1. The van der Waals surface area contributed by atoms with Crippen LogP contribution in [-0.4, -0.2) is 44.3 Å². The topological polar surface area (TPSA) is 38.5 Å². The summed E-state index contributed by atoms with van der Waals surface area (Å²) in [6.07, 6.45) is 0. The van der Waals surface area contributed by atoms with Crippen molar-refractivity contribution in [3.63, 3.8) is 0 Å². The van der Waals surface area contributed by atoms with Gasteiger partial charge in [-0.2, -0.15) is 0 Å². The van der Waals surface area contributed by atoms with Crippen LogP contribution >= 0.6 is 0 Å². The maximum absolute atomic E-state index is 5.86. The van der Waals surface area contributed by atoms with Crippen LogP contribution in [0.25, 0.3) is 0 Å². The van der Waals surface area contributed by atoms with Gasteiger partial charge in [0.05, 0.1) is 6.61 Å². The standard InChI is InChI=1S/C8H18N2O/c1-7-5-10(3-4-11-2)6-8(7)9/h7-8H,3-6,9H2,1-2H3/t7-,8+/m0/s1. The molecule has 0 spiro atoms. The van der Waals surface area contributed by atoms with Gasteiger partial charge < -0.3 is 10.5 Å². The molecule has 1 saturated heterocycles. The number of methoxy groups -OCH3 is 1. The van der Waals surface area contributed by atoms with Gasteiger partial charge in [-0.1, -0.05) is 6.92 Å². The van der Waals surface area contributed by atoms with E-state index < -0.39 is 0 Å². The third-order valence-electron chi connectivity index (χ3n) is 2.36. The maximum Gasteiger partial charge on any atom is 0.0589 e. The highest BCUT2D eigenvalue weighted by Crippen LogP contribution is 2.13. The van der Waals surface area contributed by atoms with E-state index >= 15 is 0 Å². The summed E-state index contributed by atoms with van der Waals surface area (Å²) in [4.78, 5) is 2.36. The first-order chi connectivity index (χ1) is 5.24. The van der Waals surface area contributed by atoms with Crippen LogP contribution in [0.2, 0.25) is 0 Å². The van der Waals surface area contributed by atoms with Gasteiger partial charge >= 0.3 is 0 Å². The lowest BCUT2D eigenvalue weighted by atomic mass is 10.1. The van der Waals surface area contributed by atoms with E-state index in [4.69, 9.17) is 10.5 Å². The van der Waals surface area contributed by atoms with Crippen LogP contribution < -0.4 is 5.73 Å². The largest absolute Gasteiger partial charge is 0.383 e. The summed E-state index contributed by atoms with van der Waals surface area (Å²) >= 11 is 0. The van der Waals surface area contributed by atoms with E-state index in [1.165, 1.54) is 0 Å². The Morgan fingerprint density at radius 3 is 2.73 bits per heavy atom. The summed E-state index contributed by atoms with van der Waals surface area (Å²) in [5, 5.41) is 0. The normalized spacial score (nSPS) is 33.0. The van der Waals surface area contributed by atoms with E-state index in [1.807, 2.05) is 0 Å². The summed E-state index contributed by atoms with van der Waals surface area (Å²) in [5.74, 6) is 0.645. The molecule has 0 aliphatic carbocycles. The first kappa shape index (κ1) is 8.97. The Bertz CT molecular complexity index is 109. The zero-order valence-corrected chi connectivity index (χ0v) is 7.42. The number of nitrogens with two attached hydrogens (primary N) is 1. The minimum absolute atomic E-state index is 0.367. The highest BCUT2D eigenvalue weighted by molar-refractivity contribution is 4.83. The van der Waals surface area contributed by atoms with E-state index in [2.05, 4.69) is 11.8 Å². The molecule has 0 radical (unpaired) electrons. The van der Waals surface area contributed by atoms with Gasteiger partial charge in [-0.25, -0.2) is 0 Å². The summed E-state index contributed by atoms with van der Waals surface area (Å²) in [5.41, 5.74) is 5.86. The van der Waals surface area contributed by atoms with Crippen molar-refractivity contribution in [2.75, 3.05) is 33.4 Å². The summed E-state index contributed by atoms with van der Waals surface area (Å²) in [7, 11) is 1.74. The van der Waals surface area contributed by atoms with Crippen molar-refractivity contribution in [1.29, 1.82) is 0 Å². The van der Waals surface area contributed by atoms with Crippen molar-refractivity contribution >= 4 is 0 Å². The second kappa shape index (κ2) is 4.04. The lowest BCUT2D eigenvalue weighted by Gasteiger charge is -2.13. The molecule has 1 heterocycles. The van der Waals surface area contributed by atoms with Gasteiger partial charge in [-0.3, -0.25) is 4.90 Å². The fraction of sp³-hybridized carbons (Fsp3) is 1.00. The first-order valence-corrected chi connectivity index (χ1v) is 4.21. The van der Waals surface area contributed by atoms with E-state index in [0.29, 0.717) is 12.0 Å².